The third kappa shape index (κ3) is 6.91. The molecule has 19 heavy (non-hydrogen) atoms. The molecule has 0 saturated heterocycles. The zero-order valence-electron chi connectivity index (χ0n) is 11.2. The molecule has 0 fully saturated rings. The maximum Gasteiger partial charge on any atom is 0.317 e. The van der Waals surface area contributed by atoms with E-state index >= 15 is 0 Å². The lowest BCUT2D eigenvalue weighted by Gasteiger charge is -2.17. The van der Waals surface area contributed by atoms with Crippen molar-refractivity contribution < 1.29 is 4.43 Å². The smallest absolute Gasteiger partial charge is 0.317 e. The monoisotopic (exact) mass is 450 g/mol. The lowest BCUT2D eigenvalue weighted by atomic mass is 10.2. The SMILES string of the molecule is CCCC(I)[Si](NCC#Cc1cccc(Br)c1)OC. The zero-order valence-corrected chi connectivity index (χ0v) is 15.9. The topological polar surface area (TPSA) is 21.3 Å². The van der Waals surface area contributed by atoms with Crippen LogP contribution in [0.1, 0.15) is 25.3 Å². The molecule has 0 aliphatic heterocycles. The third-order valence-corrected chi connectivity index (χ3v) is 7.09. The number of rotatable bonds is 6. The average Bonchev–Trinajstić information content (AvgIpc) is 2.39. The molecule has 0 aliphatic rings. The molecule has 0 aromatic heterocycles. The van der Waals surface area contributed by atoms with Crippen LogP contribution in [0.2, 0.25) is 0 Å². The number of hydrogen-bond acceptors (Lipinski definition) is 2. The van der Waals surface area contributed by atoms with E-state index in [-0.39, 0.29) is 0 Å². The van der Waals surface area contributed by atoms with Gasteiger partial charge in [-0.15, -0.1) is 0 Å². The summed E-state index contributed by atoms with van der Waals surface area (Å²) in [5.41, 5.74) is 1.03. The van der Waals surface area contributed by atoms with Crippen molar-refractivity contribution in [1.82, 2.24) is 4.98 Å². The quantitative estimate of drug-likeness (QED) is 0.309. The van der Waals surface area contributed by atoms with Crippen molar-refractivity contribution in [3.63, 3.8) is 0 Å². The summed E-state index contributed by atoms with van der Waals surface area (Å²) in [5.74, 6) is 6.30. The third-order valence-electron chi connectivity index (χ3n) is 2.45. The molecule has 1 atom stereocenters. The summed E-state index contributed by atoms with van der Waals surface area (Å²) in [4.78, 5) is 3.43. The Balaban J connectivity index is 2.45. The molecule has 1 aromatic carbocycles. The Labute approximate surface area is 139 Å². The van der Waals surface area contributed by atoms with Crippen molar-refractivity contribution >= 4 is 47.7 Å². The molecule has 1 rings (SSSR count). The van der Waals surface area contributed by atoms with Gasteiger partial charge in [0.05, 0.1) is 6.54 Å². The van der Waals surface area contributed by atoms with Crippen LogP contribution in [0, 0.1) is 11.8 Å². The summed E-state index contributed by atoms with van der Waals surface area (Å²) in [7, 11) is 0.821. The maximum absolute atomic E-state index is 5.54. The lowest BCUT2D eigenvalue weighted by Crippen LogP contribution is -2.44. The van der Waals surface area contributed by atoms with E-state index in [1.54, 1.807) is 7.11 Å². The summed E-state index contributed by atoms with van der Waals surface area (Å²) >= 11 is 5.92. The van der Waals surface area contributed by atoms with Crippen molar-refractivity contribution in [2.24, 2.45) is 0 Å². The normalized spacial score (nSPS) is 12.1. The maximum atomic E-state index is 5.54. The molecule has 0 bridgehead atoms. The predicted molar refractivity (Wildman–Crippen MR) is 94.5 cm³/mol. The molecule has 1 radical (unpaired) electrons. The van der Waals surface area contributed by atoms with E-state index in [1.807, 2.05) is 24.3 Å². The van der Waals surface area contributed by atoms with Gasteiger partial charge in [0.1, 0.15) is 0 Å². The number of alkyl halides is 1. The Morgan fingerprint density at radius 2 is 2.32 bits per heavy atom. The highest BCUT2D eigenvalue weighted by Gasteiger charge is 2.20. The van der Waals surface area contributed by atoms with Crippen LogP contribution in [0.5, 0.6) is 0 Å². The van der Waals surface area contributed by atoms with E-state index in [9.17, 15) is 0 Å². The van der Waals surface area contributed by atoms with Crippen LogP contribution >= 0.6 is 38.5 Å². The number of hydrogen-bond donors (Lipinski definition) is 1. The van der Waals surface area contributed by atoms with Crippen LogP contribution in [0.3, 0.4) is 0 Å². The minimum atomic E-state index is -0.961. The fourth-order valence-electron chi connectivity index (χ4n) is 1.54. The van der Waals surface area contributed by atoms with Gasteiger partial charge < -0.3 is 9.41 Å². The molecule has 1 unspecified atom stereocenters. The molecule has 2 nitrogen and oxygen atoms in total. The van der Waals surface area contributed by atoms with Crippen LogP contribution in [0.25, 0.3) is 0 Å². The van der Waals surface area contributed by atoms with Gasteiger partial charge in [0.15, 0.2) is 0 Å². The first-order valence-corrected chi connectivity index (χ1v) is 9.73. The highest BCUT2D eigenvalue weighted by atomic mass is 127. The number of nitrogens with one attached hydrogen (secondary N) is 1. The van der Waals surface area contributed by atoms with E-state index in [1.165, 1.54) is 12.8 Å². The van der Waals surface area contributed by atoms with Gasteiger partial charge >= 0.3 is 9.20 Å². The molecular formula is C14H18BrINOSi. The van der Waals surface area contributed by atoms with Gasteiger partial charge in [-0.05, 0) is 24.6 Å². The summed E-state index contributed by atoms with van der Waals surface area (Å²) in [6.07, 6.45) is 2.38. The fraction of sp³-hybridized carbons (Fsp3) is 0.429. The highest BCUT2D eigenvalue weighted by Crippen LogP contribution is 2.11. The van der Waals surface area contributed by atoms with Crippen molar-refractivity contribution in [2.45, 2.75) is 23.3 Å². The van der Waals surface area contributed by atoms with E-state index < -0.39 is 9.20 Å². The average molecular weight is 451 g/mol. The lowest BCUT2D eigenvalue weighted by molar-refractivity contribution is 0.405. The van der Waals surface area contributed by atoms with Gasteiger partial charge in [-0.1, -0.05) is 69.8 Å². The second-order valence-corrected chi connectivity index (χ2v) is 9.77. The van der Waals surface area contributed by atoms with Gasteiger partial charge in [0, 0.05) is 20.7 Å². The number of halogens is 2. The molecule has 1 N–H and O–H groups in total. The zero-order chi connectivity index (χ0) is 14.1. The molecule has 0 amide bonds. The van der Waals surface area contributed by atoms with Crippen molar-refractivity contribution in [3.05, 3.63) is 34.3 Å². The van der Waals surface area contributed by atoms with Gasteiger partial charge in [-0.3, -0.25) is 0 Å². The summed E-state index contributed by atoms with van der Waals surface area (Å²) in [6, 6.07) is 8.03. The largest absolute Gasteiger partial charge is 0.405 e. The van der Waals surface area contributed by atoms with E-state index in [2.05, 4.69) is 62.3 Å². The standard InChI is InChI=1S/C14H18BrINOSi/c1-3-6-14(16)19(18-2)17-10-5-8-12-7-4-9-13(15)11-12/h4,7,9,11,14,17H,3,6,10H2,1-2H3. The molecule has 0 aliphatic carbocycles. The van der Waals surface area contributed by atoms with Crippen molar-refractivity contribution in [1.29, 1.82) is 0 Å². The van der Waals surface area contributed by atoms with Crippen LogP contribution in [0.4, 0.5) is 0 Å². The second kappa shape index (κ2) is 9.94. The van der Waals surface area contributed by atoms with Gasteiger partial charge in [-0.2, -0.15) is 0 Å². The minimum absolute atomic E-state index is 0.574. The van der Waals surface area contributed by atoms with Crippen LogP contribution in [-0.2, 0) is 4.43 Å². The van der Waals surface area contributed by atoms with Gasteiger partial charge in [0.25, 0.3) is 0 Å². The molecule has 0 spiro atoms. The minimum Gasteiger partial charge on any atom is -0.405 e. The Bertz CT molecular complexity index is 447. The first-order chi connectivity index (χ1) is 9.17. The van der Waals surface area contributed by atoms with Gasteiger partial charge in [0.2, 0.25) is 0 Å². The fourth-order valence-corrected chi connectivity index (χ4v) is 5.42. The summed E-state index contributed by atoms with van der Waals surface area (Å²) in [5, 5.41) is 0. The van der Waals surface area contributed by atoms with Crippen LogP contribution in [-0.4, -0.2) is 26.4 Å². The molecule has 0 heterocycles. The van der Waals surface area contributed by atoms with E-state index in [0.29, 0.717) is 10.1 Å². The molecular weight excluding hydrogens is 433 g/mol. The van der Waals surface area contributed by atoms with Crippen molar-refractivity contribution in [3.8, 4) is 11.8 Å². The Morgan fingerprint density at radius 3 is 2.95 bits per heavy atom. The first kappa shape index (κ1) is 17.2. The summed E-state index contributed by atoms with van der Waals surface area (Å²) in [6.45, 7) is 2.88. The molecule has 103 valence electrons. The molecule has 0 saturated carbocycles. The second-order valence-electron chi connectivity index (χ2n) is 3.99. The first-order valence-electron chi connectivity index (χ1n) is 6.20. The Kier molecular flexibility index (Phi) is 8.99. The Hall–Kier alpha value is 0.127. The number of benzene rings is 1. The highest BCUT2D eigenvalue weighted by molar-refractivity contribution is 14.1. The summed E-state index contributed by atoms with van der Waals surface area (Å²) < 4.78 is 7.18. The van der Waals surface area contributed by atoms with Crippen LogP contribution in [0.15, 0.2) is 28.7 Å². The van der Waals surface area contributed by atoms with Crippen molar-refractivity contribution in [2.75, 3.05) is 13.7 Å². The molecule has 5 heteroatoms. The molecule has 1 aromatic rings. The van der Waals surface area contributed by atoms with E-state index in [0.717, 1.165) is 10.0 Å². The Morgan fingerprint density at radius 1 is 1.53 bits per heavy atom. The van der Waals surface area contributed by atoms with Crippen LogP contribution < -0.4 is 4.98 Å². The predicted octanol–water partition coefficient (Wildman–Crippen LogP) is 3.67. The van der Waals surface area contributed by atoms with E-state index in [4.69, 9.17) is 4.43 Å². The van der Waals surface area contributed by atoms with Gasteiger partial charge in [-0.25, -0.2) is 0 Å².